The van der Waals surface area contributed by atoms with E-state index in [9.17, 15) is 9.59 Å². The van der Waals surface area contributed by atoms with Gasteiger partial charge < -0.3 is 25.4 Å². The zero-order chi connectivity index (χ0) is 12.0. The summed E-state index contributed by atoms with van der Waals surface area (Å²) in [5.41, 5.74) is 0.536. The van der Waals surface area contributed by atoms with Gasteiger partial charge in [0.05, 0.1) is 13.1 Å². The van der Waals surface area contributed by atoms with Crippen molar-refractivity contribution >= 4 is 12.0 Å². The molecule has 1 heterocycles. The molecule has 1 aromatic rings. The quantitative estimate of drug-likeness (QED) is 0.509. The number of carbonyl (C=O) groups is 2. The highest BCUT2D eigenvalue weighted by Gasteiger charge is 2.13. The number of amides is 2. The van der Waals surface area contributed by atoms with E-state index in [1.165, 1.54) is 6.26 Å². The molecule has 16 heavy (non-hydrogen) atoms. The molecule has 0 spiro atoms. The summed E-state index contributed by atoms with van der Waals surface area (Å²) in [5.74, 6) is -1.39. The lowest BCUT2D eigenvalue weighted by atomic mass is 10.3. The van der Waals surface area contributed by atoms with Gasteiger partial charge in [0.25, 0.3) is 0 Å². The van der Waals surface area contributed by atoms with Crippen LogP contribution in [0.25, 0.3) is 0 Å². The van der Waals surface area contributed by atoms with Gasteiger partial charge in [-0.25, -0.2) is 9.59 Å². The average molecular weight is 229 g/mol. The van der Waals surface area contributed by atoms with Crippen LogP contribution in [-0.2, 0) is 11.3 Å². The molecule has 0 aromatic carbocycles. The van der Waals surface area contributed by atoms with E-state index in [0.717, 1.165) is 0 Å². The minimum Gasteiger partial charge on any atom is -0.479 e. The van der Waals surface area contributed by atoms with Crippen LogP contribution < -0.4 is 10.6 Å². The topological polar surface area (TPSA) is 125 Å². The molecule has 4 N–H and O–H groups in total. The van der Waals surface area contributed by atoms with Crippen molar-refractivity contribution in [1.29, 1.82) is 0 Å². The van der Waals surface area contributed by atoms with Gasteiger partial charge >= 0.3 is 12.0 Å². The van der Waals surface area contributed by atoms with Gasteiger partial charge in [-0.2, -0.15) is 0 Å². The Morgan fingerprint density at radius 3 is 2.81 bits per heavy atom. The van der Waals surface area contributed by atoms with Crippen molar-refractivity contribution in [2.45, 2.75) is 12.6 Å². The molecule has 0 unspecified atom stereocenters. The summed E-state index contributed by atoms with van der Waals surface area (Å²) in [7, 11) is 0. The molecule has 0 saturated carbocycles. The highest BCUT2D eigenvalue weighted by atomic mass is 16.5. The lowest BCUT2D eigenvalue weighted by Crippen LogP contribution is -2.41. The Kier molecular flexibility index (Phi) is 4.28. The van der Waals surface area contributed by atoms with Gasteiger partial charge in [-0.1, -0.05) is 5.16 Å². The molecule has 8 heteroatoms. The summed E-state index contributed by atoms with van der Waals surface area (Å²) in [6, 6.07) is 0.982. The Hall–Kier alpha value is -2.09. The number of carbonyl (C=O) groups excluding carboxylic acids is 1. The Morgan fingerprint density at radius 2 is 2.25 bits per heavy atom. The van der Waals surface area contributed by atoms with Crippen LogP contribution >= 0.6 is 0 Å². The summed E-state index contributed by atoms with van der Waals surface area (Å²) in [4.78, 5) is 21.3. The average Bonchev–Trinajstić information content (AvgIpc) is 2.75. The van der Waals surface area contributed by atoms with Crippen molar-refractivity contribution in [1.82, 2.24) is 15.8 Å². The summed E-state index contributed by atoms with van der Waals surface area (Å²) < 4.78 is 4.54. The molecule has 0 fully saturated rings. The zero-order valence-corrected chi connectivity index (χ0v) is 8.21. The van der Waals surface area contributed by atoms with Crippen LogP contribution in [0.2, 0.25) is 0 Å². The Bertz CT molecular complexity index is 351. The minimum atomic E-state index is -1.61. The van der Waals surface area contributed by atoms with Crippen molar-refractivity contribution in [3.8, 4) is 0 Å². The van der Waals surface area contributed by atoms with Crippen LogP contribution in [0.1, 0.15) is 5.69 Å². The van der Waals surface area contributed by atoms with Crippen molar-refractivity contribution < 1.29 is 24.3 Å². The molecule has 0 aliphatic carbocycles. The van der Waals surface area contributed by atoms with Crippen LogP contribution in [0.3, 0.4) is 0 Å². The van der Waals surface area contributed by atoms with Crippen molar-refractivity contribution in [2.75, 3.05) is 6.54 Å². The van der Waals surface area contributed by atoms with E-state index in [1.807, 2.05) is 0 Å². The number of nitrogens with zero attached hydrogens (tertiary/aromatic N) is 1. The number of rotatable bonds is 5. The maximum absolute atomic E-state index is 11.1. The standard InChI is InChI=1S/C8H11N3O5/c12-6(7(13)14)4-10-8(15)9-3-5-1-2-16-11-5/h1-2,6,12H,3-4H2,(H,13,14)(H2,9,10,15)/t6-/m0/s1. The van der Waals surface area contributed by atoms with E-state index in [-0.39, 0.29) is 13.1 Å². The Labute approximate surface area is 90.2 Å². The molecule has 0 radical (unpaired) electrons. The number of hydrogen-bond donors (Lipinski definition) is 4. The number of aliphatic hydroxyl groups excluding tert-OH is 1. The molecule has 1 aromatic heterocycles. The van der Waals surface area contributed by atoms with E-state index in [0.29, 0.717) is 5.69 Å². The number of carboxylic acids is 1. The van der Waals surface area contributed by atoms with Crippen molar-refractivity contribution in [3.63, 3.8) is 0 Å². The maximum Gasteiger partial charge on any atom is 0.334 e. The molecule has 1 rings (SSSR count). The van der Waals surface area contributed by atoms with Crippen LogP contribution in [0.4, 0.5) is 4.79 Å². The fraction of sp³-hybridized carbons (Fsp3) is 0.375. The third-order valence-corrected chi connectivity index (χ3v) is 1.66. The molecular weight excluding hydrogens is 218 g/mol. The largest absolute Gasteiger partial charge is 0.479 e. The number of hydrogen-bond acceptors (Lipinski definition) is 5. The number of aromatic nitrogens is 1. The molecule has 1 atom stereocenters. The SMILES string of the molecule is O=C(NCc1ccon1)NC[C@H](O)C(=O)O. The molecule has 0 saturated heterocycles. The fourth-order valence-corrected chi connectivity index (χ4v) is 0.839. The van der Waals surface area contributed by atoms with E-state index in [4.69, 9.17) is 10.2 Å². The number of carboxylic acid groups (broad SMARTS) is 1. The normalized spacial score (nSPS) is 11.8. The van der Waals surface area contributed by atoms with Gasteiger partial charge in [0.2, 0.25) is 0 Å². The summed E-state index contributed by atoms with van der Waals surface area (Å²) in [6.07, 6.45) is -0.249. The molecule has 0 bridgehead atoms. The summed E-state index contributed by atoms with van der Waals surface area (Å²) in [6.45, 7) is -0.203. The van der Waals surface area contributed by atoms with Crippen molar-refractivity contribution in [3.05, 3.63) is 18.0 Å². The predicted octanol–water partition coefficient (Wildman–Crippen LogP) is -1.08. The third kappa shape index (κ3) is 3.96. The Morgan fingerprint density at radius 1 is 1.50 bits per heavy atom. The highest BCUT2D eigenvalue weighted by molar-refractivity contribution is 5.76. The monoisotopic (exact) mass is 229 g/mol. The number of aliphatic hydroxyl groups is 1. The first kappa shape index (κ1) is 12.0. The fourth-order valence-electron chi connectivity index (χ4n) is 0.839. The maximum atomic E-state index is 11.1. The van der Waals surface area contributed by atoms with E-state index >= 15 is 0 Å². The van der Waals surface area contributed by atoms with Gasteiger partial charge in [-0.15, -0.1) is 0 Å². The van der Waals surface area contributed by atoms with E-state index in [1.54, 1.807) is 6.07 Å². The Balaban J connectivity index is 2.19. The lowest BCUT2D eigenvalue weighted by molar-refractivity contribution is -0.146. The molecule has 88 valence electrons. The van der Waals surface area contributed by atoms with Crippen LogP contribution in [0.15, 0.2) is 16.9 Å². The van der Waals surface area contributed by atoms with Gasteiger partial charge in [0, 0.05) is 6.07 Å². The zero-order valence-electron chi connectivity index (χ0n) is 8.21. The predicted molar refractivity (Wildman–Crippen MR) is 50.4 cm³/mol. The molecule has 0 aliphatic heterocycles. The van der Waals surface area contributed by atoms with E-state index in [2.05, 4.69) is 20.3 Å². The van der Waals surface area contributed by atoms with Gasteiger partial charge in [-0.05, 0) is 0 Å². The second-order valence-electron chi connectivity index (χ2n) is 2.91. The van der Waals surface area contributed by atoms with Gasteiger partial charge in [-0.3, -0.25) is 0 Å². The summed E-state index contributed by atoms with van der Waals surface area (Å²) in [5, 5.41) is 25.3. The van der Waals surface area contributed by atoms with Crippen LogP contribution in [-0.4, -0.2) is 40.0 Å². The van der Waals surface area contributed by atoms with Gasteiger partial charge in [0.15, 0.2) is 6.10 Å². The summed E-state index contributed by atoms with van der Waals surface area (Å²) >= 11 is 0. The van der Waals surface area contributed by atoms with E-state index < -0.39 is 18.1 Å². The first-order valence-electron chi connectivity index (χ1n) is 4.41. The second-order valence-corrected chi connectivity index (χ2v) is 2.91. The number of urea groups is 1. The second kappa shape index (κ2) is 5.71. The first-order chi connectivity index (χ1) is 7.59. The number of aliphatic carboxylic acids is 1. The molecule has 8 nitrogen and oxygen atoms in total. The molecule has 2 amide bonds. The first-order valence-corrected chi connectivity index (χ1v) is 4.41. The molecular formula is C8H11N3O5. The van der Waals surface area contributed by atoms with Crippen LogP contribution in [0.5, 0.6) is 0 Å². The smallest absolute Gasteiger partial charge is 0.334 e. The van der Waals surface area contributed by atoms with Gasteiger partial charge in [0.1, 0.15) is 12.0 Å². The minimum absolute atomic E-state index is 0.158. The third-order valence-electron chi connectivity index (χ3n) is 1.66. The number of nitrogens with one attached hydrogen (secondary N) is 2. The lowest BCUT2D eigenvalue weighted by Gasteiger charge is -2.08. The van der Waals surface area contributed by atoms with Crippen LogP contribution in [0, 0.1) is 0 Å². The highest BCUT2D eigenvalue weighted by Crippen LogP contribution is 1.92. The van der Waals surface area contributed by atoms with Crippen molar-refractivity contribution in [2.24, 2.45) is 0 Å². The molecule has 0 aliphatic rings.